The summed E-state index contributed by atoms with van der Waals surface area (Å²) in [4.78, 5) is 0. The van der Waals surface area contributed by atoms with E-state index in [4.69, 9.17) is 5.41 Å². The average molecular weight is 274 g/mol. The van der Waals surface area contributed by atoms with E-state index in [0.29, 0.717) is 5.71 Å². The van der Waals surface area contributed by atoms with Gasteiger partial charge in [-0.05, 0) is 25.5 Å². The summed E-state index contributed by atoms with van der Waals surface area (Å²) < 4.78 is 2.90. The standard InChI is InChI=1S/C9H11IN2/c1-6-3-7(2)9(11)8(4-6)5-12-10/h3-5,11-12H,1-2H3/b8-5-,11-9?. The second-order valence-corrected chi connectivity index (χ2v) is 3.42. The Morgan fingerprint density at radius 1 is 1.42 bits per heavy atom. The van der Waals surface area contributed by atoms with Crippen LogP contribution in [0.5, 0.6) is 0 Å². The van der Waals surface area contributed by atoms with Crippen LogP contribution in [0, 0.1) is 5.41 Å². The minimum Gasteiger partial charge on any atom is -0.334 e. The molecule has 0 unspecified atom stereocenters. The van der Waals surface area contributed by atoms with Crippen LogP contribution in [0.25, 0.3) is 0 Å². The van der Waals surface area contributed by atoms with Gasteiger partial charge in [0, 0.05) is 11.8 Å². The molecule has 1 aliphatic rings. The van der Waals surface area contributed by atoms with Crippen molar-refractivity contribution in [3.05, 3.63) is 35.1 Å². The fourth-order valence-electron chi connectivity index (χ4n) is 1.17. The van der Waals surface area contributed by atoms with E-state index in [9.17, 15) is 0 Å². The van der Waals surface area contributed by atoms with Crippen LogP contribution in [0.3, 0.4) is 0 Å². The molecule has 0 spiro atoms. The molecule has 2 nitrogen and oxygen atoms in total. The van der Waals surface area contributed by atoms with E-state index in [1.807, 2.05) is 55.1 Å². The lowest BCUT2D eigenvalue weighted by Crippen LogP contribution is -2.07. The second-order valence-electron chi connectivity index (χ2n) is 2.80. The molecule has 0 atom stereocenters. The summed E-state index contributed by atoms with van der Waals surface area (Å²) in [6.07, 6.45) is 5.86. The smallest absolute Gasteiger partial charge is 0.0656 e. The molecule has 3 heteroatoms. The predicted molar refractivity (Wildman–Crippen MR) is 60.5 cm³/mol. The van der Waals surface area contributed by atoms with Gasteiger partial charge in [-0.15, -0.1) is 0 Å². The zero-order valence-corrected chi connectivity index (χ0v) is 9.27. The van der Waals surface area contributed by atoms with Crippen LogP contribution in [-0.2, 0) is 0 Å². The zero-order chi connectivity index (χ0) is 9.14. The summed E-state index contributed by atoms with van der Waals surface area (Å²) in [6.45, 7) is 4.00. The summed E-state index contributed by atoms with van der Waals surface area (Å²) in [5, 5.41) is 7.72. The van der Waals surface area contributed by atoms with Crippen molar-refractivity contribution in [3.8, 4) is 0 Å². The Balaban J connectivity index is 3.02. The van der Waals surface area contributed by atoms with E-state index >= 15 is 0 Å². The van der Waals surface area contributed by atoms with E-state index < -0.39 is 0 Å². The van der Waals surface area contributed by atoms with E-state index in [0.717, 1.165) is 11.1 Å². The highest BCUT2D eigenvalue weighted by atomic mass is 127. The fourth-order valence-corrected chi connectivity index (χ4v) is 1.51. The molecule has 0 radical (unpaired) electrons. The molecule has 0 amide bonds. The Kier molecular flexibility index (Phi) is 3.08. The molecular weight excluding hydrogens is 263 g/mol. The van der Waals surface area contributed by atoms with Gasteiger partial charge in [-0.1, -0.05) is 11.6 Å². The molecule has 0 aromatic carbocycles. The maximum Gasteiger partial charge on any atom is 0.0656 e. The molecule has 0 saturated heterocycles. The van der Waals surface area contributed by atoms with Gasteiger partial charge in [0.1, 0.15) is 0 Å². The van der Waals surface area contributed by atoms with Crippen LogP contribution >= 0.6 is 22.9 Å². The highest BCUT2D eigenvalue weighted by Crippen LogP contribution is 2.17. The molecule has 2 N–H and O–H groups in total. The molecule has 0 fully saturated rings. The lowest BCUT2D eigenvalue weighted by molar-refractivity contribution is 1.33. The minimum absolute atomic E-state index is 0.602. The molecule has 0 aromatic heterocycles. The first-order valence-electron chi connectivity index (χ1n) is 3.67. The summed E-state index contributed by atoms with van der Waals surface area (Å²) >= 11 is 2.04. The third-order valence-corrected chi connectivity index (χ3v) is 2.03. The van der Waals surface area contributed by atoms with Gasteiger partial charge >= 0.3 is 0 Å². The molecule has 1 rings (SSSR count). The Bertz CT molecular complexity index is 298. The Morgan fingerprint density at radius 3 is 2.67 bits per heavy atom. The molecule has 0 saturated carbocycles. The molecule has 0 bridgehead atoms. The monoisotopic (exact) mass is 274 g/mol. The topological polar surface area (TPSA) is 35.9 Å². The quantitative estimate of drug-likeness (QED) is 0.559. The third kappa shape index (κ3) is 1.97. The van der Waals surface area contributed by atoms with Crippen molar-refractivity contribution in [2.24, 2.45) is 0 Å². The lowest BCUT2D eigenvalue weighted by atomic mass is 9.95. The lowest BCUT2D eigenvalue weighted by Gasteiger charge is -2.11. The fraction of sp³-hybridized carbons (Fsp3) is 0.222. The van der Waals surface area contributed by atoms with Crippen molar-refractivity contribution >= 4 is 28.6 Å². The maximum atomic E-state index is 7.72. The van der Waals surface area contributed by atoms with Gasteiger partial charge in [0.2, 0.25) is 0 Å². The van der Waals surface area contributed by atoms with Gasteiger partial charge in [0.15, 0.2) is 0 Å². The van der Waals surface area contributed by atoms with Gasteiger partial charge in [0.05, 0.1) is 28.6 Å². The number of rotatable bonds is 1. The third-order valence-electron chi connectivity index (χ3n) is 1.72. The maximum absolute atomic E-state index is 7.72. The molecule has 12 heavy (non-hydrogen) atoms. The van der Waals surface area contributed by atoms with Crippen LogP contribution < -0.4 is 3.53 Å². The van der Waals surface area contributed by atoms with E-state index in [-0.39, 0.29) is 0 Å². The highest BCUT2D eigenvalue weighted by Gasteiger charge is 2.09. The van der Waals surface area contributed by atoms with Crippen LogP contribution in [0.1, 0.15) is 13.8 Å². The normalized spacial score (nSPS) is 20.6. The molecule has 0 aromatic rings. The summed E-state index contributed by atoms with van der Waals surface area (Å²) in [7, 11) is 0. The van der Waals surface area contributed by atoms with Crippen molar-refractivity contribution in [3.63, 3.8) is 0 Å². The molecule has 1 aliphatic carbocycles. The van der Waals surface area contributed by atoms with Crippen LogP contribution in [0.15, 0.2) is 35.1 Å². The van der Waals surface area contributed by atoms with Crippen LogP contribution in [0.2, 0.25) is 0 Å². The Hall–Kier alpha value is -0.580. The van der Waals surface area contributed by atoms with Crippen molar-refractivity contribution < 1.29 is 0 Å². The average Bonchev–Trinajstić information content (AvgIpc) is 2.00. The first-order valence-corrected chi connectivity index (χ1v) is 4.75. The van der Waals surface area contributed by atoms with Crippen molar-refractivity contribution in [1.29, 1.82) is 5.41 Å². The molecule has 64 valence electrons. The van der Waals surface area contributed by atoms with Crippen molar-refractivity contribution in [2.75, 3.05) is 0 Å². The van der Waals surface area contributed by atoms with E-state index in [1.54, 1.807) is 0 Å². The van der Waals surface area contributed by atoms with Crippen molar-refractivity contribution in [2.45, 2.75) is 13.8 Å². The first-order chi connectivity index (χ1) is 5.65. The number of hydrogen-bond donors (Lipinski definition) is 2. The SMILES string of the molecule is CC1=C/C(=C/NI)C(=N)C(C)=C1. The highest BCUT2D eigenvalue weighted by molar-refractivity contribution is 14.1. The molecular formula is C9H11IN2. The zero-order valence-electron chi connectivity index (χ0n) is 7.11. The van der Waals surface area contributed by atoms with Crippen molar-refractivity contribution in [1.82, 2.24) is 3.53 Å². The van der Waals surface area contributed by atoms with Crippen LogP contribution in [-0.4, -0.2) is 5.71 Å². The summed E-state index contributed by atoms with van der Waals surface area (Å²) in [5.41, 5.74) is 3.76. The number of allylic oxidation sites excluding steroid dienone is 5. The van der Waals surface area contributed by atoms with Gasteiger partial charge in [-0.3, -0.25) is 5.41 Å². The van der Waals surface area contributed by atoms with E-state index in [2.05, 4.69) is 3.53 Å². The second kappa shape index (κ2) is 3.89. The van der Waals surface area contributed by atoms with Gasteiger partial charge in [-0.2, -0.15) is 0 Å². The Morgan fingerprint density at radius 2 is 2.08 bits per heavy atom. The predicted octanol–water partition coefficient (Wildman–Crippen LogP) is 2.74. The number of halogens is 1. The molecule has 0 aliphatic heterocycles. The summed E-state index contributed by atoms with van der Waals surface area (Å²) in [5.74, 6) is 0. The van der Waals surface area contributed by atoms with E-state index in [1.165, 1.54) is 5.57 Å². The molecule has 0 heterocycles. The van der Waals surface area contributed by atoms with Gasteiger partial charge in [0.25, 0.3) is 0 Å². The Labute approximate surface area is 86.4 Å². The first kappa shape index (κ1) is 9.51. The van der Waals surface area contributed by atoms with Gasteiger partial charge in [-0.25, -0.2) is 0 Å². The minimum atomic E-state index is 0.602. The number of hydrogen-bond acceptors (Lipinski definition) is 2. The number of nitrogens with one attached hydrogen (secondary N) is 2. The van der Waals surface area contributed by atoms with Gasteiger partial charge < -0.3 is 3.53 Å². The van der Waals surface area contributed by atoms with Crippen LogP contribution in [0.4, 0.5) is 0 Å². The largest absolute Gasteiger partial charge is 0.334 e. The summed E-state index contributed by atoms with van der Waals surface area (Å²) in [6, 6.07) is 0.